The molecule has 0 spiro atoms. The van der Waals surface area contributed by atoms with E-state index in [9.17, 15) is 0 Å². The third-order valence-electron chi connectivity index (χ3n) is 4.41. The molecule has 0 unspecified atom stereocenters. The van der Waals surface area contributed by atoms with E-state index in [1.165, 1.54) is 11.3 Å². The zero-order valence-corrected chi connectivity index (χ0v) is 15.4. The van der Waals surface area contributed by atoms with Gasteiger partial charge in [-0.3, -0.25) is 0 Å². The van der Waals surface area contributed by atoms with Gasteiger partial charge < -0.3 is 15.0 Å². The Morgan fingerprint density at radius 1 is 1.12 bits per heavy atom. The van der Waals surface area contributed by atoms with Gasteiger partial charge >= 0.3 is 0 Å². The molecule has 2 heterocycles. The molecule has 6 heteroatoms. The number of benzene rings is 2. The SMILES string of the molecule is COc1ccc(Cl)cc1Nc1nc(C)cc(N2CCc3ccccc32)n1. The van der Waals surface area contributed by atoms with Crippen LogP contribution in [-0.4, -0.2) is 23.6 Å². The van der Waals surface area contributed by atoms with Crippen LogP contribution < -0.4 is 15.0 Å². The van der Waals surface area contributed by atoms with Crippen molar-refractivity contribution in [3.05, 3.63) is 64.8 Å². The van der Waals surface area contributed by atoms with Crippen LogP contribution in [-0.2, 0) is 6.42 Å². The number of methoxy groups -OCH3 is 1. The number of ether oxygens (including phenoxy) is 1. The summed E-state index contributed by atoms with van der Waals surface area (Å²) in [4.78, 5) is 11.5. The summed E-state index contributed by atoms with van der Waals surface area (Å²) in [7, 11) is 1.62. The molecule has 4 rings (SSSR count). The number of fused-ring (bicyclic) bond motifs is 1. The lowest BCUT2D eigenvalue weighted by Gasteiger charge is -2.20. The Hall–Kier alpha value is -2.79. The Kier molecular flexibility index (Phi) is 4.39. The van der Waals surface area contributed by atoms with Crippen molar-refractivity contribution in [1.29, 1.82) is 0 Å². The van der Waals surface area contributed by atoms with Gasteiger partial charge in [0.15, 0.2) is 0 Å². The third-order valence-corrected chi connectivity index (χ3v) is 4.65. The Bertz CT molecular complexity index is 960. The summed E-state index contributed by atoms with van der Waals surface area (Å²) >= 11 is 6.12. The number of halogens is 1. The maximum atomic E-state index is 6.12. The molecule has 132 valence electrons. The van der Waals surface area contributed by atoms with Crippen LogP contribution in [0.5, 0.6) is 5.75 Å². The Morgan fingerprint density at radius 3 is 2.81 bits per heavy atom. The van der Waals surface area contributed by atoms with Crippen LogP contribution in [0.15, 0.2) is 48.5 Å². The van der Waals surface area contributed by atoms with Gasteiger partial charge in [-0.05, 0) is 43.2 Å². The highest BCUT2D eigenvalue weighted by Crippen LogP contribution is 2.35. The Labute approximate surface area is 157 Å². The van der Waals surface area contributed by atoms with Gasteiger partial charge in [0.2, 0.25) is 5.95 Å². The minimum Gasteiger partial charge on any atom is -0.495 e. The molecule has 0 fully saturated rings. The van der Waals surface area contributed by atoms with E-state index in [2.05, 4.69) is 39.5 Å². The first-order chi connectivity index (χ1) is 12.6. The maximum Gasteiger partial charge on any atom is 0.229 e. The van der Waals surface area contributed by atoms with Crippen molar-refractivity contribution >= 4 is 34.7 Å². The summed E-state index contributed by atoms with van der Waals surface area (Å²) in [6.45, 7) is 2.88. The summed E-state index contributed by atoms with van der Waals surface area (Å²) in [5.74, 6) is 2.09. The quantitative estimate of drug-likeness (QED) is 0.712. The third kappa shape index (κ3) is 3.18. The summed E-state index contributed by atoms with van der Waals surface area (Å²) < 4.78 is 5.39. The zero-order chi connectivity index (χ0) is 18.1. The topological polar surface area (TPSA) is 50.3 Å². The van der Waals surface area contributed by atoms with E-state index in [4.69, 9.17) is 21.3 Å². The van der Waals surface area contributed by atoms with E-state index >= 15 is 0 Å². The number of hydrogen-bond acceptors (Lipinski definition) is 5. The lowest BCUT2D eigenvalue weighted by molar-refractivity contribution is 0.417. The standard InChI is InChI=1S/C20H19ClN4O/c1-13-11-19(25-10-9-14-5-3-4-6-17(14)25)24-20(22-13)23-16-12-15(21)7-8-18(16)26-2/h3-8,11-12H,9-10H2,1-2H3,(H,22,23,24). The minimum absolute atomic E-state index is 0.518. The molecule has 0 saturated carbocycles. The molecule has 0 radical (unpaired) electrons. The van der Waals surface area contributed by atoms with E-state index in [-0.39, 0.29) is 0 Å². The van der Waals surface area contributed by atoms with Crippen LogP contribution in [0.3, 0.4) is 0 Å². The number of nitrogens with zero attached hydrogens (tertiary/aromatic N) is 3. The number of para-hydroxylation sites is 1. The predicted octanol–water partition coefficient (Wildman–Crippen LogP) is 4.88. The van der Waals surface area contributed by atoms with Crippen LogP contribution >= 0.6 is 11.6 Å². The highest BCUT2D eigenvalue weighted by Gasteiger charge is 2.21. The first-order valence-corrected chi connectivity index (χ1v) is 8.83. The molecule has 0 aliphatic carbocycles. The molecule has 1 aliphatic rings. The molecule has 2 aromatic carbocycles. The van der Waals surface area contributed by atoms with Gasteiger partial charge in [-0.15, -0.1) is 0 Å². The van der Waals surface area contributed by atoms with Crippen molar-refractivity contribution in [2.45, 2.75) is 13.3 Å². The normalized spacial score (nSPS) is 12.8. The lowest BCUT2D eigenvalue weighted by atomic mass is 10.2. The van der Waals surface area contributed by atoms with Gasteiger partial charge in [0.05, 0.1) is 12.8 Å². The van der Waals surface area contributed by atoms with Crippen LogP contribution in [0.2, 0.25) is 5.02 Å². The summed E-state index contributed by atoms with van der Waals surface area (Å²) in [6.07, 6.45) is 1.02. The smallest absolute Gasteiger partial charge is 0.229 e. The van der Waals surface area contributed by atoms with Crippen LogP contribution in [0.25, 0.3) is 0 Å². The molecule has 5 nitrogen and oxygen atoms in total. The zero-order valence-electron chi connectivity index (χ0n) is 14.7. The lowest BCUT2D eigenvalue weighted by Crippen LogP contribution is -2.16. The molecule has 3 aromatic rings. The molecule has 1 N–H and O–H groups in total. The fourth-order valence-corrected chi connectivity index (χ4v) is 3.39. The average Bonchev–Trinajstić information content (AvgIpc) is 3.05. The fraction of sp³-hybridized carbons (Fsp3) is 0.200. The monoisotopic (exact) mass is 366 g/mol. The maximum absolute atomic E-state index is 6.12. The minimum atomic E-state index is 0.518. The highest BCUT2D eigenvalue weighted by atomic mass is 35.5. The summed E-state index contributed by atoms with van der Waals surface area (Å²) in [5, 5.41) is 3.85. The number of aryl methyl sites for hydroxylation is 1. The van der Waals surface area contributed by atoms with Gasteiger partial charge in [0.1, 0.15) is 11.6 Å². The largest absolute Gasteiger partial charge is 0.495 e. The number of nitrogens with one attached hydrogen (secondary N) is 1. The van der Waals surface area contributed by atoms with Crippen molar-refractivity contribution in [2.75, 3.05) is 23.9 Å². The predicted molar refractivity (Wildman–Crippen MR) is 105 cm³/mol. The molecular weight excluding hydrogens is 348 g/mol. The summed E-state index contributed by atoms with van der Waals surface area (Å²) in [5.41, 5.74) is 4.17. The number of aromatic nitrogens is 2. The van der Waals surface area contributed by atoms with Crippen molar-refractivity contribution in [2.24, 2.45) is 0 Å². The van der Waals surface area contributed by atoms with E-state index in [1.54, 1.807) is 19.2 Å². The molecule has 0 saturated heterocycles. The van der Waals surface area contributed by atoms with Crippen LogP contribution in [0.1, 0.15) is 11.3 Å². The van der Waals surface area contributed by atoms with Gasteiger partial charge in [0.25, 0.3) is 0 Å². The van der Waals surface area contributed by atoms with Crippen LogP contribution in [0, 0.1) is 6.92 Å². The van der Waals surface area contributed by atoms with Gasteiger partial charge in [-0.1, -0.05) is 29.8 Å². The Balaban J connectivity index is 1.69. The number of anilines is 4. The second kappa shape index (κ2) is 6.84. The van der Waals surface area contributed by atoms with Gasteiger partial charge in [-0.2, -0.15) is 4.98 Å². The molecule has 1 aromatic heterocycles. The van der Waals surface area contributed by atoms with Crippen LogP contribution in [0.4, 0.5) is 23.1 Å². The average molecular weight is 367 g/mol. The molecular formula is C20H19ClN4O. The highest BCUT2D eigenvalue weighted by molar-refractivity contribution is 6.31. The fourth-order valence-electron chi connectivity index (χ4n) is 3.22. The molecule has 0 bridgehead atoms. The van der Waals surface area contributed by atoms with Crippen molar-refractivity contribution in [3.8, 4) is 5.75 Å². The Morgan fingerprint density at radius 2 is 1.96 bits per heavy atom. The molecule has 0 amide bonds. The summed E-state index contributed by atoms with van der Waals surface area (Å²) in [6, 6.07) is 15.8. The first-order valence-electron chi connectivity index (χ1n) is 8.46. The van der Waals surface area contributed by atoms with Gasteiger partial charge in [-0.25, -0.2) is 4.98 Å². The molecule has 26 heavy (non-hydrogen) atoms. The second-order valence-corrected chi connectivity index (χ2v) is 6.63. The molecule has 0 atom stereocenters. The van der Waals surface area contributed by atoms with E-state index in [0.717, 1.165) is 30.2 Å². The van der Waals surface area contributed by atoms with Crippen molar-refractivity contribution < 1.29 is 4.74 Å². The number of rotatable bonds is 4. The van der Waals surface area contributed by atoms with E-state index in [1.807, 2.05) is 19.1 Å². The van der Waals surface area contributed by atoms with Gasteiger partial charge in [0, 0.05) is 29.0 Å². The molecule has 1 aliphatic heterocycles. The van der Waals surface area contributed by atoms with Crippen molar-refractivity contribution in [3.63, 3.8) is 0 Å². The van der Waals surface area contributed by atoms with E-state index in [0.29, 0.717) is 16.7 Å². The number of hydrogen-bond donors (Lipinski definition) is 1. The van der Waals surface area contributed by atoms with E-state index < -0.39 is 0 Å². The van der Waals surface area contributed by atoms with Crippen molar-refractivity contribution in [1.82, 2.24) is 9.97 Å². The first kappa shape index (κ1) is 16.7. The second-order valence-electron chi connectivity index (χ2n) is 6.19.